The first-order chi connectivity index (χ1) is 7.74. The minimum atomic E-state index is 0.276. The molecule has 0 saturated carbocycles. The van der Waals surface area contributed by atoms with Crippen molar-refractivity contribution in [2.45, 2.75) is 6.42 Å². The number of H-pyrrole nitrogens is 1. The van der Waals surface area contributed by atoms with Crippen LogP contribution in [0.1, 0.15) is 5.56 Å². The highest BCUT2D eigenvalue weighted by Gasteiger charge is 1.98. The summed E-state index contributed by atoms with van der Waals surface area (Å²) in [5.74, 6) is 1.07. The van der Waals surface area contributed by atoms with Gasteiger partial charge in [-0.3, -0.25) is 0 Å². The number of anilines is 2. The van der Waals surface area contributed by atoms with Crippen molar-refractivity contribution in [3.63, 3.8) is 0 Å². The van der Waals surface area contributed by atoms with E-state index in [4.69, 9.17) is 10.8 Å². The summed E-state index contributed by atoms with van der Waals surface area (Å²) in [6.45, 7) is 0.710. The van der Waals surface area contributed by atoms with Gasteiger partial charge in [-0.05, 0) is 24.1 Å². The number of hydrogen-bond donors (Lipinski definition) is 4. The monoisotopic (exact) mass is 219 g/mol. The maximum Gasteiger partial charge on any atom is 0.243 e. The summed E-state index contributed by atoms with van der Waals surface area (Å²) in [7, 11) is 0. The van der Waals surface area contributed by atoms with Crippen molar-refractivity contribution in [3.8, 4) is 5.75 Å². The van der Waals surface area contributed by atoms with Crippen LogP contribution in [0.5, 0.6) is 5.75 Å². The molecule has 6 heteroatoms. The Morgan fingerprint density at radius 2 is 2.06 bits per heavy atom. The number of benzene rings is 1. The summed E-state index contributed by atoms with van der Waals surface area (Å²) < 4.78 is 0. The Morgan fingerprint density at radius 3 is 2.69 bits per heavy atom. The number of aromatic nitrogens is 3. The molecule has 0 amide bonds. The van der Waals surface area contributed by atoms with Crippen molar-refractivity contribution in [2.75, 3.05) is 17.6 Å². The molecule has 0 saturated heterocycles. The molecule has 0 aliphatic carbocycles. The van der Waals surface area contributed by atoms with E-state index in [1.807, 2.05) is 12.1 Å². The van der Waals surface area contributed by atoms with Crippen LogP contribution in [-0.2, 0) is 6.42 Å². The number of nitrogens with one attached hydrogen (secondary N) is 2. The largest absolute Gasteiger partial charge is 0.508 e. The summed E-state index contributed by atoms with van der Waals surface area (Å²) in [6, 6.07) is 7.09. The van der Waals surface area contributed by atoms with E-state index in [0.717, 1.165) is 12.0 Å². The van der Waals surface area contributed by atoms with Crippen LogP contribution in [0.2, 0.25) is 0 Å². The molecule has 0 unspecified atom stereocenters. The number of phenols is 1. The molecule has 16 heavy (non-hydrogen) atoms. The van der Waals surface area contributed by atoms with Crippen LogP contribution in [0.4, 0.5) is 11.9 Å². The lowest BCUT2D eigenvalue weighted by Gasteiger charge is -2.02. The number of rotatable bonds is 4. The molecule has 1 aromatic carbocycles. The molecule has 0 aliphatic heterocycles. The molecular formula is C10H13N5O. The smallest absolute Gasteiger partial charge is 0.243 e. The lowest BCUT2D eigenvalue weighted by molar-refractivity contribution is 0.475. The van der Waals surface area contributed by atoms with E-state index in [9.17, 15) is 0 Å². The number of nitrogen functional groups attached to an aromatic ring is 1. The lowest BCUT2D eigenvalue weighted by Crippen LogP contribution is -2.06. The maximum atomic E-state index is 9.11. The quantitative estimate of drug-likeness (QED) is 0.608. The van der Waals surface area contributed by atoms with Gasteiger partial charge in [0.25, 0.3) is 0 Å². The molecule has 1 heterocycles. The number of hydrogen-bond acceptors (Lipinski definition) is 5. The van der Waals surface area contributed by atoms with E-state index in [1.165, 1.54) is 0 Å². The third-order valence-corrected chi connectivity index (χ3v) is 2.14. The van der Waals surface area contributed by atoms with Gasteiger partial charge in [0.2, 0.25) is 11.9 Å². The Labute approximate surface area is 92.5 Å². The third-order valence-electron chi connectivity index (χ3n) is 2.14. The van der Waals surface area contributed by atoms with Gasteiger partial charge in [0.1, 0.15) is 5.75 Å². The van der Waals surface area contributed by atoms with Crippen LogP contribution >= 0.6 is 0 Å². The average Bonchev–Trinajstić information content (AvgIpc) is 2.67. The normalized spacial score (nSPS) is 10.2. The number of nitrogens with zero attached hydrogens (tertiary/aromatic N) is 2. The van der Waals surface area contributed by atoms with Crippen molar-refractivity contribution in [3.05, 3.63) is 29.8 Å². The van der Waals surface area contributed by atoms with E-state index in [1.54, 1.807) is 12.1 Å². The zero-order valence-electron chi connectivity index (χ0n) is 8.64. The van der Waals surface area contributed by atoms with Gasteiger partial charge in [-0.1, -0.05) is 12.1 Å². The van der Waals surface area contributed by atoms with E-state index in [0.29, 0.717) is 18.4 Å². The fourth-order valence-corrected chi connectivity index (χ4v) is 1.33. The second-order valence-electron chi connectivity index (χ2n) is 3.39. The van der Waals surface area contributed by atoms with Crippen molar-refractivity contribution in [2.24, 2.45) is 0 Å². The minimum Gasteiger partial charge on any atom is -0.508 e. The van der Waals surface area contributed by atoms with Gasteiger partial charge in [-0.25, -0.2) is 5.10 Å². The molecule has 84 valence electrons. The average molecular weight is 219 g/mol. The maximum absolute atomic E-state index is 9.11. The van der Waals surface area contributed by atoms with Gasteiger partial charge in [-0.2, -0.15) is 4.98 Å². The number of phenolic OH excluding ortho intramolecular Hbond substituents is 1. The van der Waals surface area contributed by atoms with E-state index >= 15 is 0 Å². The summed E-state index contributed by atoms with van der Waals surface area (Å²) in [6.07, 6.45) is 0.828. The highest BCUT2D eigenvalue weighted by molar-refractivity contribution is 5.31. The Morgan fingerprint density at radius 1 is 1.31 bits per heavy atom. The van der Waals surface area contributed by atoms with Crippen molar-refractivity contribution in [1.82, 2.24) is 15.2 Å². The van der Waals surface area contributed by atoms with Crippen LogP contribution in [0.3, 0.4) is 0 Å². The fraction of sp³-hybridized carbons (Fsp3) is 0.200. The first-order valence-electron chi connectivity index (χ1n) is 4.94. The van der Waals surface area contributed by atoms with Crippen molar-refractivity contribution < 1.29 is 5.11 Å². The molecule has 2 rings (SSSR count). The van der Waals surface area contributed by atoms with Gasteiger partial charge in [0.05, 0.1) is 0 Å². The Hall–Kier alpha value is -2.24. The van der Waals surface area contributed by atoms with Gasteiger partial charge >= 0.3 is 0 Å². The molecule has 1 aromatic heterocycles. The SMILES string of the molecule is Nc1nc(NCCc2ccc(O)cc2)n[nH]1. The zero-order valence-corrected chi connectivity index (χ0v) is 8.64. The topological polar surface area (TPSA) is 99.8 Å². The predicted molar refractivity (Wildman–Crippen MR) is 61.1 cm³/mol. The number of aromatic hydroxyl groups is 1. The molecule has 0 spiro atoms. The first-order valence-corrected chi connectivity index (χ1v) is 4.94. The summed E-state index contributed by atoms with van der Waals surface area (Å²) in [5, 5.41) is 18.5. The van der Waals surface area contributed by atoms with E-state index < -0.39 is 0 Å². The Balaban J connectivity index is 1.82. The fourth-order valence-electron chi connectivity index (χ4n) is 1.33. The van der Waals surface area contributed by atoms with Gasteiger partial charge in [0.15, 0.2) is 0 Å². The number of nitrogens with two attached hydrogens (primary N) is 1. The van der Waals surface area contributed by atoms with Crippen molar-refractivity contribution in [1.29, 1.82) is 0 Å². The van der Waals surface area contributed by atoms with E-state index in [2.05, 4.69) is 20.5 Å². The molecular weight excluding hydrogens is 206 g/mol. The Bertz CT molecular complexity index is 450. The second kappa shape index (κ2) is 4.52. The van der Waals surface area contributed by atoms with Gasteiger partial charge in [0, 0.05) is 6.54 Å². The second-order valence-corrected chi connectivity index (χ2v) is 3.39. The first kappa shape index (κ1) is 10.3. The number of aromatic amines is 1. The minimum absolute atomic E-state index is 0.276. The highest BCUT2D eigenvalue weighted by atomic mass is 16.3. The van der Waals surface area contributed by atoms with E-state index in [-0.39, 0.29) is 5.75 Å². The molecule has 0 radical (unpaired) electrons. The van der Waals surface area contributed by atoms with Crippen LogP contribution in [-0.4, -0.2) is 26.8 Å². The zero-order chi connectivity index (χ0) is 11.4. The third kappa shape index (κ3) is 2.63. The van der Waals surface area contributed by atoms with Crippen LogP contribution in [0.25, 0.3) is 0 Å². The lowest BCUT2D eigenvalue weighted by atomic mass is 10.1. The van der Waals surface area contributed by atoms with Crippen LogP contribution in [0.15, 0.2) is 24.3 Å². The van der Waals surface area contributed by atoms with Gasteiger partial charge in [-0.15, -0.1) is 5.10 Å². The standard InChI is InChI=1S/C10H13N5O/c11-9-13-10(15-14-9)12-6-5-7-1-3-8(16)4-2-7/h1-4,16H,5-6H2,(H4,11,12,13,14,15). The van der Waals surface area contributed by atoms with Gasteiger partial charge < -0.3 is 16.2 Å². The molecule has 0 atom stereocenters. The summed E-state index contributed by atoms with van der Waals surface area (Å²) in [5.41, 5.74) is 6.51. The summed E-state index contributed by atoms with van der Waals surface area (Å²) >= 11 is 0. The van der Waals surface area contributed by atoms with Crippen molar-refractivity contribution >= 4 is 11.9 Å². The molecule has 0 bridgehead atoms. The Kier molecular flexibility index (Phi) is 2.90. The molecule has 5 N–H and O–H groups in total. The predicted octanol–water partition coefficient (Wildman–Crippen LogP) is 0.747. The summed E-state index contributed by atoms with van der Waals surface area (Å²) in [4.78, 5) is 3.92. The van der Waals surface area contributed by atoms with Crippen LogP contribution in [0, 0.1) is 0 Å². The molecule has 0 aliphatic rings. The highest BCUT2D eigenvalue weighted by Crippen LogP contribution is 2.10. The molecule has 6 nitrogen and oxygen atoms in total. The molecule has 0 fully saturated rings. The van der Waals surface area contributed by atoms with Crippen LogP contribution < -0.4 is 11.1 Å². The molecule has 2 aromatic rings.